The Morgan fingerprint density at radius 3 is 2.54 bits per heavy atom. The number of carbonyl (C=O) groups is 2. The molecule has 1 aliphatic heterocycles. The summed E-state index contributed by atoms with van der Waals surface area (Å²) in [6, 6.07) is 11.0. The van der Waals surface area contributed by atoms with Crippen molar-refractivity contribution in [2.24, 2.45) is 0 Å². The topological polar surface area (TPSA) is 72.8 Å². The molecular weight excluding hydrogens is 356 g/mol. The summed E-state index contributed by atoms with van der Waals surface area (Å²) in [5.41, 5.74) is 4.43. The lowest BCUT2D eigenvalue weighted by Crippen LogP contribution is -2.21. The summed E-state index contributed by atoms with van der Waals surface area (Å²) in [6.07, 6.45) is 0.655. The van der Waals surface area contributed by atoms with E-state index in [2.05, 4.69) is 0 Å². The fourth-order valence-electron chi connectivity index (χ4n) is 2.91. The number of carboxylic acid groups (broad SMARTS) is 1. The Kier molecular flexibility index (Phi) is 5.00. The van der Waals surface area contributed by atoms with Crippen LogP contribution in [-0.4, -0.2) is 23.7 Å². The highest BCUT2D eigenvalue weighted by atomic mass is 35.5. The zero-order valence-electron chi connectivity index (χ0n) is 14.3. The highest BCUT2D eigenvalue weighted by Gasteiger charge is 2.25. The zero-order chi connectivity index (χ0) is 18.8. The number of hydrogen-bond acceptors (Lipinski definition) is 4. The number of aliphatic carboxylic acids is 1. The number of carbonyl (C=O) groups excluding carboxylic acids is 1. The van der Waals surface area contributed by atoms with Crippen LogP contribution in [0.2, 0.25) is 5.02 Å². The zero-order valence-corrected chi connectivity index (χ0v) is 15.1. The van der Waals surface area contributed by atoms with Crippen LogP contribution in [-0.2, 0) is 16.0 Å². The van der Waals surface area contributed by atoms with Gasteiger partial charge in [-0.2, -0.15) is 0 Å². The minimum Gasteiger partial charge on any atom is -0.488 e. The highest BCUT2D eigenvalue weighted by Crippen LogP contribution is 2.41. The van der Waals surface area contributed by atoms with E-state index in [9.17, 15) is 9.59 Å². The maximum atomic E-state index is 11.5. The monoisotopic (exact) mass is 372 g/mol. The molecule has 0 radical (unpaired) electrons. The van der Waals surface area contributed by atoms with Crippen LogP contribution in [0.3, 0.4) is 0 Å². The number of carboxylic acids is 1. The number of ether oxygens (including phenoxy) is 2. The van der Waals surface area contributed by atoms with Gasteiger partial charge in [0.2, 0.25) is 0 Å². The van der Waals surface area contributed by atoms with Gasteiger partial charge in [0.15, 0.2) is 0 Å². The summed E-state index contributed by atoms with van der Waals surface area (Å²) in [5.74, 6) is -2.19. The summed E-state index contributed by atoms with van der Waals surface area (Å²) in [4.78, 5) is 22.4. The lowest BCUT2D eigenvalue weighted by atomic mass is 9.92. The van der Waals surface area contributed by atoms with Crippen molar-refractivity contribution in [2.75, 3.05) is 6.61 Å². The van der Waals surface area contributed by atoms with E-state index in [1.54, 1.807) is 6.07 Å². The predicted octanol–water partition coefficient (Wildman–Crippen LogP) is 4.05. The van der Waals surface area contributed by atoms with Crippen molar-refractivity contribution in [1.29, 1.82) is 0 Å². The Balaban J connectivity index is 2.00. The molecule has 1 heterocycles. The minimum absolute atomic E-state index is 0.193. The maximum Gasteiger partial charge on any atom is 0.422 e. The SMILES string of the molecule is CC1=C(Cc2ccc(Cl)cc2)COc2cc(C)cc(OC(=O)C(=O)O)c21. The van der Waals surface area contributed by atoms with Gasteiger partial charge in [-0.15, -0.1) is 0 Å². The molecule has 0 bridgehead atoms. The van der Waals surface area contributed by atoms with Crippen molar-refractivity contribution in [3.05, 3.63) is 63.7 Å². The second-order valence-corrected chi connectivity index (χ2v) is 6.59. The first-order chi connectivity index (χ1) is 12.3. The third kappa shape index (κ3) is 3.73. The number of aryl methyl sites for hydroxylation is 1. The lowest BCUT2D eigenvalue weighted by Gasteiger charge is -2.24. The van der Waals surface area contributed by atoms with Gasteiger partial charge in [0.1, 0.15) is 18.1 Å². The third-order valence-electron chi connectivity index (χ3n) is 4.23. The molecule has 0 atom stereocenters. The van der Waals surface area contributed by atoms with Crippen LogP contribution in [0.25, 0.3) is 5.57 Å². The van der Waals surface area contributed by atoms with Gasteiger partial charge in [0, 0.05) is 5.02 Å². The molecule has 0 amide bonds. The van der Waals surface area contributed by atoms with E-state index in [0.29, 0.717) is 29.4 Å². The Labute approximate surface area is 155 Å². The largest absolute Gasteiger partial charge is 0.488 e. The first kappa shape index (κ1) is 18.0. The molecule has 134 valence electrons. The van der Waals surface area contributed by atoms with Crippen LogP contribution >= 0.6 is 11.6 Å². The van der Waals surface area contributed by atoms with E-state index < -0.39 is 11.9 Å². The van der Waals surface area contributed by atoms with Crippen molar-refractivity contribution >= 4 is 29.1 Å². The minimum atomic E-state index is -1.64. The van der Waals surface area contributed by atoms with Gasteiger partial charge in [0.25, 0.3) is 0 Å². The summed E-state index contributed by atoms with van der Waals surface area (Å²) in [5, 5.41) is 9.49. The molecule has 1 aliphatic rings. The molecule has 6 heteroatoms. The van der Waals surface area contributed by atoms with E-state index in [1.165, 1.54) is 0 Å². The van der Waals surface area contributed by atoms with Gasteiger partial charge in [-0.25, -0.2) is 9.59 Å². The van der Waals surface area contributed by atoms with Gasteiger partial charge in [0.05, 0.1) is 5.56 Å². The van der Waals surface area contributed by atoms with Gasteiger partial charge in [-0.1, -0.05) is 23.7 Å². The normalized spacial score (nSPS) is 13.0. The van der Waals surface area contributed by atoms with E-state index in [1.807, 2.05) is 44.2 Å². The average molecular weight is 373 g/mol. The number of rotatable bonds is 3. The van der Waals surface area contributed by atoms with Gasteiger partial charge in [-0.05, 0) is 66.8 Å². The van der Waals surface area contributed by atoms with Crippen LogP contribution in [0.15, 0.2) is 42.0 Å². The number of esters is 1. The van der Waals surface area contributed by atoms with E-state index >= 15 is 0 Å². The molecule has 0 unspecified atom stereocenters. The van der Waals surface area contributed by atoms with Gasteiger partial charge >= 0.3 is 11.9 Å². The molecule has 0 saturated carbocycles. The van der Waals surface area contributed by atoms with Crippen LogP contribution < -0.4 is 9.47 Å². The standard InChI is InChI=1S/C20H17ClO5/c1-11-7-16-18(17(8-11)26-20(24)19(22)23)12(2)14(10-25-16)9-13-3-5-15(21)6-4-13/h3-8H,9-10H2,1-2H3,(H,22,23). The molecule has 0 fully saturated rings. The number of benzene rings is 2. The Morgan fingerprint density at radius 2 is 1.88 bits per heavy atom. The van der Waals surface area contributed by atoms with Crippen LogP contribution in [0.1, 0.15) is 23.6 Å². The molecule has 0 saturated heterocycles. The molecule has 1 N–H and O–H groups in total. The molecule has 0 aliphatic carbocycles. The van der Waals surface area contributed by atoms with Crippen molar-refractivity contribution in [3.8, 4) is 11.5 Å². The van der Waals surface area contributed by atoms with Crippen LogP contribution in [0, 0.1) is 6.92 Å². The third-order valence-corrected chi connectivity index (χ3v) is 4.48. The number of allylic oxidation sites excluding steroid dienone is 1. The molecule has 0 spiro atoms. The molecule has 3 rings (SSSR count). The molecule has 2 aromatic carbocycles. The Hall–Kier alpha value is -2.79. The first-order valence-electron chi connectivity index (χ1n) is 8.01. The van der Waals surface area contributed by atoms with Gasteiger partial charge < -0.3 is 14.6 Å². The number of hydrogen-bond donors (Lipinski definition) is 1. The Bertz CT molecular complexity index is 913. The van der Waals surface area contributed by atoms with Crippen molar-refractivity contribution in [1.82, 2.24) is 0 Å². The second-order valence-electron chi connectivity index (χ2n) is 6.15. The quantitative estimate of drug-likeness (QED) is 0.500. The number of fused-ring (bicyclic) bond motifs is 1. The average Bonchev–Trinajstić information content (AvgIpc) is 2.58. The van der Waals surface area contributed by atoms with Crippen molar-refractivity contribution < 1.29 is 24.2 Å². The van der Waals surface area contributed by atoms with E-state index in [0.717, 1.165) is 22.3 Å². The summed E-state index contributed by atoms with van der Waals surface area (Å²) < 4.78 is 10.9. The van der Waals surface area contributed by atoms with Gasteiger partial charge in [-0.3, -0.25) is 0 Å². The Morgan fingerprint density at radius 1 is 1.19 bits per heavy atom. The van der Waals surface area contributed by atoms with E-state index in [-0.39, 0.29) is 5.75 Å². The summed E-state index contributed by atoms with van der Waals surface area (Å²) in [7, 11) is 0. The highest BCUT2D eigenvalue weighted by molar-refractivity contribution is 6.30. The number of halogens is 1. The van der Waals surface area contributed by atoms with Crippen molar-refractivity contribution in [2.45, 2.75) is 20.3 Å². The summed E-state index contributed by atoms with van der Waals surface area (Å²) in [6.45, 7) is 4.15. The summed E-state index contributed by atoms with van der Waals surface area (Å²) >= 11 is 5.93. The molecule has 0 aromatic heterocycles. The second kappa shape index (κ2) is 7.22. The molecule has 5 nitrogen and oxygen atoms in total. The smallest absolute Gasteiger partial charge is 0.422 e. The molecule has 2 aromatic rings. The fraction of sp³-hybridized carbons (Fsp3) is 0.200. The molecular formula is C20H17ClO5. The predicted molar refractivity (Wildman–Crippen MR) is 97.7 cm³/mol. The molecule has 26 heavy (non-hydrogen) atoms. The van der Waals surface area contributed by atoms with Crippen LogP contribution in [0.4, 0.5) is 0 Å². The van der Waals surface area contributed by atoms with Crippen LogP contribution in [0.5, 0.6) is 11.5 Å². The van der Waals surface area contributed by atoms with Crippen molar-refractivity contribution in [3.63, 3.8) is 0 Å². The lowest BCUT2D eigenvalue weighted by molar-refractivity contribution is -0.158. The van der Waals surface area contributed by atoms with E-state index in [4.69, 9.17) is 26.2 Å². The first-order valence-corrected chi connectivity index (χ1v) is 8.39. The maximum absolute atomic E-state index is 11.5. The fourth-order valence-corrected chi connectivity index (χ4v) is 3.04.